The minimum atomic E-state index is 0.323. The highest BCUT2D eigenvalue weighted by Gasteiger charge is 2.25. The molecule has 3 rings (SSSR count). The molecule has 1 aromatic heterocycles. The molecule has 0 spiro atoms. The summed E-state index contributed by atoms with van der Waals surface area (Å²) in [5, 5.41) is 6.42. The van der Waals surface area contributed by atoms with Crippen molar-refractivity contribution >= 4 is 22.9 Å². The van der Waals surface area contributed by atoms with E-state index in [1.165, 1.54) is 5.56 Å². The molecule has 1 fully saturated rings. The summed E-state index contributed by atoms with van der Waals surface area (Å²) in [5.41, 5.74) is 4.23. The highest BCUT2D eigenvalue weighted by atomic mass is 35.5. The first-order valence-corrected chi connectivity index (χ1v) is 7.73. The Labute approximate surface area is 122 Å². The maximum absolute atomic E-state index is 6.34. The topological polar surface area (TPSA) is 28.2 Å². The van der Waals surface area contributed by atoms with Gasteiger partial charge in [0.25, 0.3) is 0 Å². The SMILES string of the molecule is Clc1ccccc1C1CNCCN1Cc1cscn1. The van der Waals surface area contributed by atoms with E-state index in [9.17, 15) is 0 Å². The highest BCUT2D eigenvalue weighted by molar-refractivity contribution is 7.07. The molecule has 0 bridgehead atoms. The highest BCUT2D eigenvalue weighted by Crippen LogP contribution is 2.29. The van der Waals surface area contributed by atoms with Crippen LogP contribution in [0.4, 0.5) is 0 Å². The fourth-order valence-electron chi connectivity index (χ4n) is 2.51. The van der Waals surface area contributed by atoms with Crippen LogP contribution >= 0.6 is 22.9 Å². The minimum absolute atomic E-state index is 0.323. The van der Waals surface area contributed by atoms with Crippen LogP contribution in [0.15, 0.2) is 35.2 Å². The molecule has 0 amide bonds. The third-order valence-corrected chi connectivity index (χ3v) is 4.45. The molecule has 5 heteroatoms. The second-order valence-electron chi connectivity index (χ2n) is 4.69. The second kappa shape index (κ2) is 6.01. The quantitative estimate of drug-likeness (QED) is 0.943. The first-order chi connectivity index (χ1) is 9.34. The van der Waals surface area contributed by atoms with Crippen molar-refractivity contribution in [1.82, 2.24) is 15.2 Å². The molecule has 1 saturated heterocycles. The fourth-order valence-corrected chi connectivity index (χ4v) is 3.32. The molecule has 1 atom stereocenters. The van der Waals surface area contributed by atoms with E-state index in [0.717, 1.165) is 36.9 Å². The number of thiazole rings is 1. The molecule has 100 valence electrons. The van der Waals surface area contributed by atoms with Crippen molar-refractivity contribution in [2.75, 3.05) is 19.6 Å². The van der Waals surface area contributed by atoms with Crippen molar-refractivity contribution < 1.29 is 0 Å². The number of halogens is 1. The number of hydrogen-bond acceptors (Lipinski definition) is 4. The van der Waals surface area contributed by atoms with Crippen molar-refractivity contribution in [3.05, 3.63) is 51.4 Å². The smallest absolute Gasteiger partial charge is 0.0795 e. The van der Waals surface area contributed by atoms with Crippen LogP contribution in [0.25, 0.3) is 0 Å². The summed E-state index contributed by atoms with van der Waals surface area (Å²) in [4.78, 5) is 6.84. The number of benzene rings is 1. The molecule has 1 N–H and O–H groups in total. The van der Waals surface area contributed by atoms with Crippen molar-refractivity contribution in [3.8, 4) is 0 Å². The van der Waals surface area contributed by atoms with Crippen LogP contribution in [0.3, 0.4) is 0 Å². The Morgan fingerprint density at radius 2 is 2.32 bits per heavy atom. The molecule has 0 aliphatic carbocycles. The van der Waals surface area contributed by atoms with Gasteiger partial charge in [0.15, 0.2) is 0 Å². The molecule has 2 aromatic rings. The third kappa shape index (κ3) is 2.98. The average molecular weight is 294 g/mol. The van der Waals surface area contributed by atoms with Gasteiger partial charge < -0.3 is 5.32 Å². The molecular formula is C14H16ClN3S. The summed E-state index contributed by atoms with van der Waals surface area (Å²) < 4.78 is 0. The lowest BCUT2D eigenvalue weighted by molar-refractivity contribution is 0.152. The Balaban J connectivity index is 1.83. The Morgan fingerprint density at radius 3 is 3.11 bits per heavy atom. The van der Waals surface area contributed by atoms with Crippen molar-refractivity contribution in [2.24, 2.45) is 0 Å². The van der Waals surface area contributed by atoms with Crippen LogP contribution in [0, 0.1) is 0 Å². The summed E-state index contributed by atoms with van der Waals surface area (Å²) >= 11 is 7.99. The van der Waals surface area contributed by atoms with Crippen molar-refractivity contribution in [1.29, 1.82) is 0 Å². The van der Waals surface area contributed by atoms with E-state index in [1.807, 2.05) is 17.6 Å². The number of rotatable bonds is 3. The molecule has 3 nitrogen and oxygen atoms in total. The van der Waals surface area contributed by atoms with Gasteiger partial charge in [0.2, 0.25) is 0 Å². The number of piperazine rings is 1. The molecule has 0 radical (unpaired) electrons. The predicted molar refractivity (Wildman–Crippen MR) is 79.6 cm³/mol. The van der Waals surface area contributed by atoms with Crippen molar-refractivity contribution in [3.63, 3.8) is 0 Å². The van der Waals surface area contributed by atoms with E-state index >= 15 is 0 Å². The molecule has 1 unspecified atom stereocenters. The van der Waals surface area contributed by atoms with E-state index in [-0.39, 0.29) is 0 Å². The van der Waals surface area contributed by atoms with Gasteiger partial charge in [-0.3, -0.25) is 4.90 Å². The van der Waals surface area contributed by atoms with Crippen LogP contribution < -0.4 is 5.32 Å². The maximum atomic E-state index is 6.34. The van der Waals surface area contributed by atoms with Gasteiger partial charge in [-0.2, -0.15) is 0 Å². The molecule has 2 heterocycles. The predicted octanol–water partition coefficient (Wildman–Crippen LogP) is 2.94. The fraction of sp³-hybridized carbons (Fsp3) is 0.357. The van der Waals surface area contributed by atoms with Gasteiger partial charge in [0.1, 0.15) is 0 Å². The summed E-state index contributed by atoms with van der Waals surface area (Å²) in [7, 11) is 0. The van der Waals surface area contributed by atoms with E-state index in [2.05, 4.69) is 32.7 Å². The van der Waals surface area contributed by atoms with Gasteiger partial charge in [-0.15, -0.1) is 11.3 Å². The lowest BCUT2D eigenvalue weighted by Gasteiger charge is -2.36. The molecule has 1 aliphatic rings. The Hall–Kier alpha value is -0.940. The van der Waals surface area contributed by atoms with Crippen LogP contribution in [0.2, 0.25) is 5.02 Å². The minimum Gasteiger partial charge on any atom is -0.314 e. The lowest BCUT2D eigenvalue weighted by Crippen LogP contribution is -2.45. The van der Waals surface area contributed by atoms with E-state index in [1.54, 1.807) is 11.3 Å². The summed E-state index contributed by atoms with van der Waals surface area (Å²) in [6.07, 6.45) is 0. The largest absolute Gasteiger partial charge is 0.314 e. The Bertz CT molecular complexity index is 529. The number of nitrogens with one attached hydrogen (secondary N) is 1. The van der Waals surface area contributed by atoms with Gasteiger partial charge in [-0.25, -0.2) is 4.98 Å². The van der Waals surface area contributed by atoms with Crippen LogP contribution in [0.1, 0.15) is 17.3 Å². The zero-order valence-corrected chi connectivity index (χ0v) is 12.1. The number of nitrogens with zero attached hydrogens (tertiary/aromatic N) is 2. The van der Waals surface area contributed by atoms with Crippen LogP contribution in [0.5, 0.6) is 0 Å². The van der Waals surface area contributed by atoms with Gasteiger partial charge in [-0.05, 0) is 11.6 Å². The van der Waals surface area contributed by atoms with Gasteiger partial charge in [0.05, 0.1) is 11.2 Å². The molecule has 19 heavy (non-hydrogen) atoms. The van der Waals surface area contributed by atoms with Crippen LogP contribution in [-0.2, 0) is 6.54 Å². The first kappa shape index (κ1) is 13.1. The van der Waals surface area contributed by atoms with E-state index in [0.29, 0.717) is 6.04 Å². The van der Waals surface area contributed by atoms with Gasteiger partial charge in [-0.1, -0.05) is 29.8 Å². The second-order valence-corrected chi connectivity index (χ2v) is 5.82. The Kier molecular flexibility index (Phi) is 4.13. The third-order valence-electron chi connectivity index (χ3n) is 3.47. The van der Waals surface area contributed by atoms with E-state index in [4.69, 9.17) is 11.6 Å². The normalized spacial score (nSPS) is 20.6. The monoisotopic (exact) mass is 293 g/mol. The molecule has 1 aromatic carbocycles. The molecule has 0 saturated carbocycles. The zero-order valence-electron chi connectivity index (χ0n) is 10.6. The Morgan fingerprint density at radius 1 is 1.42 bits per heavy atom. The number of aromatic nitrogens is 1. The average Bonchev–Trinajstić information content (AvgIpc) is 2.93. The summed E-state index contributed by atoms with van der Waals surface area (Å²) in [6.45, 7) is 3.87. The first-order valence-electron chi connectivity index (χ1n) is 6.41. The molecule has 1 aliphatic heterocycles. The van der Waals surface area contributed by atoms with Gasteiger partial charge in [0, 0.05) is 42.6 Å². The van der Waals surface area contributed by atoms with Crippen LogP contribution in [-0.4, -0.2) is 29.5 Å². The van der Waals surface area contributed by atoms with E-state index < -0.39 is 0 Å². The standard InChI is InChI=1S/C14H16ClN3S/c15-13-4-2-1-3-12(13)14-7-16-5-6-18(14)8-11-9-19-10-17-11/h1-4,9-10,14,16H,5-8H2. The van der Waals surface area contributed by atoms with Gasteiger partial charge >= 0.3 is 0 Å². The maximum Gasteiger partial charge on any atom is 0.0795 e. The zero-order chi connectivity index (χ0) is 13.1. The number of hydrogen-bond donors (Lipinski definition) is 1. The van der Waals surface area contributed by atoms with Crippen molar-refractivity contribution in [2.45, 2.75) is 12.6 Å². The lowest BCUT2D eigenvalue weighted by atomic mass is 10.0. The summed E-state index contributed by atoms with van der Waals surface area (Å²) in [6, 6.07) is 8.44. The summed E-state index contributed by atoms with van der Waals surface area (Å²) in [5.74, 6) is 0. The molecular weight excluding hydrogens is 278 g/mol.